The van der Waals surface area contributed by atoms with E-state index in [1.165, 1.54) is 0 Å². The molecule has 0 bridgehead atoms. The topological polar surface area (TPSA) is 77.2 Å². The van der Waals surface area contributed by atoms with Crippen LogP contribution in [0, 0.1) is 0 Å². The molecule has 3 rings (SSSR count). The average molecular weight is 338 g/mol. The van der Waals surface area contributed by atoms with Gasteiger partial charge >= 0.3 is 0 Å². The molecule has 0 aromatic carbocycles. The van der Waals surface area contributed by atoms with Crippen molar-refractivity contribution in [2.24, 2.45) is 0 Å². The predicted molar refractivity (Wildman–Crippen MR) is 96.4 cm³/mol. The van der Waals surface area contributed by atoms with Crippen LogP contribution in [-0.4, -0.2) is 37.7 Å². The third-order valence-electron chi connectivity index (χ3n) is 3.83. The van der Waals surface area contributed by atoms with Crippen molar-refractivity contribution in [3.63, 3.8) is 0 Å². The van der Waals surface area contributed by atoms with Crippen LogP contribution in [0.2, 0.25) is 0 Å². The molecule has 7 nitrogen and oxygen atoms in total. The number of nitrogens with zero attached hydrogens (tertiary/aromatic N) is 5. The van der Waals surface area contributed by atoms with E-state index in [4.69, 9.17) is 4.74 Å². The van der Waals surface area contributed by atoms with Crippen LogP contribution in [-0.2, 0) is 0 Å². The second-order valence-corrected chi connectivity index (χ2v) is 5.66. The van der Waals surface area contributed by atoms with Crippen molar-refractivity contribution in [2.45, 2.75) is 26.3 Å². The van der Waals surface area contributed by atoms with Gasteiger partial charge in [-0.2, -0.15) is 10.2 Å². The Balaban J connectivity index is 1.97. The summed E-state index contributed by atoms with van der Waals surface area (Å²) in [6, 6.07) is 2.12. The minimum absolute atomic E-state index is 0.123. The number of imidazole rings is 1. The quantitative estimate of drug-likeness (QED) is 0.503. The van der Waals surface area contributed by atoms with E-state index in [0.29, 0.717) is 18.1 Å². The van der Waals surface area contributed by atoms with E-state index in [-0.39, 0.29) is 6.04 Å². The van der Waals surface area contributed by atoms with Crippen molar-refractivity contribution in [3.8, 4) is 17.1 Å². The molecule has 0 amide bonds. The van der Waals surface area contributed by atoms with Gasteiger partial charge in [0.05, 0.1) is 24.2 Å². The van der Waals surface area contributed by atoms with Gasteiger partial charge in [0.25, 0.3) is 5.88 Å². The number of hydrogen-bond acceptors (Lipinski definition) is 6. The van der Waals surface area contributed by atoms with Gasteiger partial charge in [-0.3, -0.25) is 0 Å². The summed E-state index contributed by atoms with van der Waals surface area (Å²) < 4.78 is 7.68. The zero-order valence-electron chi connectivity index (χ0n) is 14.5. The molecule has 0 saturated heterocycles. The van der Waals surface area contributed by atoms with Crippen molar-refractivity contribution in [1.82, 2.24) is 29.9 Å². The van der Waals surface area contributed by atoms with Crippen LogP contribution in [0.3, 0.4) is 0 Å². The SMILES string of the molecule is C=CCCOc1nc(-c2cnnc(C(C)NCC)c2)cn2ccnc12. The molecule has 0 spiro atoms. The summed E-state index contributed by atoms with van der Waals surface area (Å²) in [6.07, 6.45) is 9.79. The summed E-state index contributed by atoms with van der Waals surface area (Å²) in [5.41, 5.74) is 3.22. The van der Waals surface area contributed by atoms with Gasteiger partial charge in [0, 0.05) is 30.2 Å². The number of fused-ring (bicyclic) bond motifs is 1. The monoisotopic (exact) mass is 338 g/mol. The van der Waals surface area contributed by atoms with E-state index < -0.39 is 0 Å². The summed E-state index contributed by atoms with van der Waals surface area (Å²) in [5.74, 6) is 0.502. The van der Waals surface area contributed by atoms with Gasteiger partial charge in [0.2, 0.25) is 5.65 Å². The molecular formula is C18H22N6O. The Kier molecular flexibility index (Phi) is 5.35. The second-order valence-electron chi connectivity index (χ2n) is 5.66. The standard InChI is InChI=1S/C18H22N6O/c1-4-6-9-25-18-17-20-7-8-24(17)12-16(22-18)14-10-15(23-21-11-14)13(3)19-5-2/h4,7-8,10-13,19H,1,5-6,9H2,2-3H3. The molecule has 0 fully saturated rings. The summed E-state index contributed by atoms with van der Waals surface area (Å²) in [6.45, 7) is 9.22. The molecule has 3 aromatic rings. The minimum atomic E-state index is 0.123. The third-order valence-corrected chi connectivity index (χ3v) is 3.83. The summed E-state index contributed by atoms with van der Waals surface area (Å²) in [7, 11) is 0. The Morgan fingerprint density at radius 2 is 2.32 bits per heavy atom. The van der Waals surface area contributed by atoms with Crippen molar-refractivity contribution in [1.29, 1.82) is 0 Å². The number of rotatable bonds is 8. The first-order valence-electron chi connectivity index (χ1n) is 8.36. The van der Waals surface area contributed by atoms with Crippen LogP contribution in [0.1, 0.15) is 32.0 Å². The summed E-state index contributed by atoms with van der Waals surface area (Å²) in [5, 5.41) is 11.7. The van der Waals surface area contributed by atoms with E-state index in [0.717, 1.165) is 29.9 Å². The van der Waals surface area contributed by atoms with Crippen molar-refractivity contribution in [3.05, 3.63) is 49.2 Å². The molecule has 7 heteroatoms. The van der Waals surface area contributed by atoms with Crippen LogP contribution < -0.4 is 10.1 Å². The molecular weight excluding hydrogens is 316 g/mol. The molecule has 0 saturated carbocycles. The zero-order valence-corrected chi connectivity index (χ0v) is 14.5. The summed E-state index contributed by atoms with van der Waals surface area (Å²) in [4.78, 5) is 8.95. The maximum atomic E-state index is 5.78. The lowest BCUT2D eigenvalue weighted by Gasteiger charge is -2.12. The highest BCUT2D eigenvalue weighted by Gasteiger charge is 2.13. The van der Waals surface area contributed by atoms with Gasteiger partial charge in [-0.15, -0.1) is 6.58 Å². The Morgan fingerprint density at radius 3 is 3.12 bits per heavy atom. The van der Waals surface area contributed by atoms with Gasteiger partial charge in [0.1, 0.15) is 0 Å². The molecule has 0 aliphatic rings. The highest BCUT2D eigenvalue weighted by Crippen LogP contribution is 2.24. The lowest BCUT2D eigenvalue weighted by atomic mass is 10.1. The van der Waals surface area contributed by atoms with E-state index in [9.17, 15) is 0 Å². The molecule has 130 valence electrons. The van der Waals surface area contributed by atoms with Crippen LogP contribution in [0.5, 0.6) is 5.88 Å². The maximum absolute atomic E-state index is 5.78. The number of ether oxygens (including phenoxy) is 1. The Labute approximate surface area is 146 Å². The molecule has 3 heterocycles. The number of hydrogen-bond donors (Lipinski definition) is 1. The molecule has 0 radical (unpaired) electrons. The predicted octanol–water partition coefficient (Wildman–Crippen LogP) is 2.81. The first-order valence-corrected chi connectivity index (χ1v) is 8.36. The Bertz CT molecular complexity index is 860. The van der Waals surface area contributed by atoms with Gasteiger partial charge in [-0.25, -0.2) is 9.97 Å². The molecule has 0 aliphatic heterocycles. The van der Waals surface area contributed by atoms with Gasteiger partial charge < -0.3 is 14.5 Å². The second kappa shape index (κ2) is 7.85. The van der Waals surface area contributed by atoms with Gasteiger partial charge in [-0.05, 0) is 26.0 Å². The molecule has 0 aliphatic carbocycles. The largest absolute Gasteiger partial charge is 0.475 e. The fourth-order valence-corrected chi connectivity index (χ4v) is 2.52. The highest BCUT2D eigenvalue weighted by atomic mass is 16.5. The molecule has 1 N–H and O–H groups in total. The van der Waals surface area contributed by atoms with Crippen LogP contribution in [0.25, 0.3) is 16.9 Å². The average Bonchev–Trinajstić information content (AvgIpc) is 3.11. The van der Waals surface area contributed by atoms with Crippen LogP contribution in [0.15, 0.2) is 43.5 Å². The maximum Gasteiger partial charge on any atom is 0.258 e. The lowest BCUT2D eigenvalue weighted by Crippen LogP contribution is -2.19. The van der Waals surface area contributed by atoms with E-state index in [2.05, 4.69) is 45.9 Å². The Morgan fingerprint density at radius 1 is 1.44 bits per heavy atom. The van der Waals surface area contributed by atoms with Crippen LogP contribution >= 0.6 is 0 Å². The van der Waals surface area contributed by atoms with Gasteiger partial charge in [-0.1, -0.05) is 13.0 Å². The zero-order chi connectivity index (χ0) is 17.6. The van der Waals surface area contributed by atoms with Crippen molar-refractivity contribution < 1.29 is 4.74 Å². The van der Waals surface area contributed by atoms with E-state index >= 15 is 0 Å². The normalized spacial score (nSPS) is 12.2. The van der Waals surface area contributed by atoms with E-state index in [1.54, 1.807) is 12.4 Å². The van der Waals surface area contributed by atoms with Crippen molar-refractivity contribution in [2.75, 3.05) is 13.2 Å². The summed E-state index contributed by atoms with van der Waals surface area (Å²) >= 11 is 0. The van der Waals surface area contributed by atoms with Crippen LogP contribution in [0.4, 0.5) is 0 Å². The van der Waals surface area contributed by atoms with E-state index in [1.807, 2.05) is 28.9 Å². The fraction of sp³-hybridized carbons (Fsp3) is 0.333. The lowest BCUT2D eigenvalue weighted by molar-refractivity contribution is 0.315. The minimum Gasteiger partial charge on any atom is -0.475 e. The number of aromatic nitrogens is 5. The number of nitrogens with one attached hydrogen (secondary N) is 1. The highest BCUT2D eigenvalue weighted by molar-refractivity contribution is 5.62. The fourth-order valence-electron chi connectivity index (χ4n) is 2.52. The molecule has 25 heavy (non-hydrogen) atoms. The molecule has 3 aromatic heterocycles. The van der Waals surface area contributed by atoms with Crippen molar-refractivity contribution >= 4 is 5.65 Å². The molecule has 1 unspecified atom stereocenters. The first-order chi connectivity index (χ1) is 12.2. The smallest absolute Gasteiger partial charge is 0.258 e. The Hall–Kier alpha value is -2.80. The third kappa shape index (κ3) is 3.83. The van der Waals surface area contributed by atoms with Gasteiger partial charge in [0.15, 0.2) is 0 Å². The first kappa shape index (κ1) is 17.0. The molecule has 1 atom stereocenters.